The Morgan fingerprint density at radius 1 is 0.415 bits per heavy atom. The molecule has 0 saturated heterocycles. The maximum atomic E-state index is 6.08. The van der Waals surface area contributed by atoms with Gasteiger partial charge in [0, 0.05) is 50.7 Å². The summed E-state index contributed by atoms with van der Waals surface area (Å²) in [6, 6.07) is 52.6. The second-order valence-electron chi connectivity index (χ2n) is 12.8. The number of rotatable bonds is 9. The van der Waals surface area contributed by atoms with Crippen molar-refractivity contribution >= 4 is 60.7 Å². The third kappa shape index (κ3) is 5.04. The van der Waals surface area contributed by atoms with Crippen LogP contribution in [0.15, 0.2) is 152 Å². The lowest BCUT2D eigenvalue weighted by Crippen LogP contribution is -2.11. The predicted octanol–water partition coefficient (Wildman–Crippen LogP) is 11.4. The molecular formula is C46H37N3O4. The van der Waals surface area contributed by atoms with Gasteiger partial charge in [-0.3, -0.25) is 0 Å². The lowest BCUT2D eigenvalue weighted by molar-refractivity contribution is 0.397. The first-order chi connectivity index (χ1) is 26.1. The normalized spacial score (nSPS) is 11.4. The van der Waals surface area contributed by atoms with Crippen LogP contribution in [-0.2, 0) is 0 Å². The second-order valence-corrected chi connectivity index (χ2v) is 12.8. The summed E-state index contributed by atoms with van der Waals surface area (Å²) in [5, 5.41) is 4.15. The van der Waals surface area contributed by atoms with E-state index in [-0.39, 0.29) is 0 Å². The van der Waals surface area contributed by atoms with Gasteiger partial charge in [0.2, 0.25) is 0 Å². The molecule has 0 bridgehead atoms. The van der Waals surface area contributed by atoms with Crippen molar-refractivity contribution in [3.05, 3.63) is 152 Å². The molecule has 7 heteroatoms. The molecule has 0 aliphatic carbocycles. The van der Waals surface area contributed by atoms with Crippen LogP contribution in [0.25, 0.3) is 55.0 Å². The van der Waals surface area contributed by atoms with Gasteiger partial charge in [-0.15, -0.1) is 0 Å². The smallest absolute Gasteiger partial charge is 0.147 e. The summed E-state index contributed by atoms with van der Waals surface area (Å²) in [6.07, 6.45) is 0. The molecule has 9 rings (SSSR count). The van der Waals surface area contributed by atoms with E-state index in [1.165, 1.54) is 0 Å². The van der Waals surface area contributed by atoms with E-state index >= 15 is 0 Å². The van der Waals surface area contributed by atoms with E-state index in [4.69, 9.17) is 18.9 Å². The van der Waals surface area contributed by atoms with Gasteiger partial charge in [-0.2, -0.15) is 0 Å². The van der Waals surface area contributed by atoms with Crippen molar-refractivity contribution in [2.24, 2.45) is 0 Å². The van der Waals surface area contributed by atoms with Gasteiger partial charge < -0.3 is 33.0 Å². The fourth-order valence-electron chi connectivity index (χ4n) is 7.82. The SMILES string of the molecule is COc1cc(OC)c2c(c1)c1c(N(c3ccccc3)c3cccc4c3c3cc(OC)cc(OC)c3n4-c3ccccc3)cccc1n2-c1ccccc1. The minimum absolute atomic E-state index is 0.717. The summed E-state index contributed by atoms with van der Waals surface area (Å²) in [5.74, 6) is 2.89. The lowest BCUT2D eigenvalue weighted by Gasteiger charge is -2.27. The second kappa shape index (κ2) is 13.0. The molecule has 2 aromatic heterocycles. The minimum atomic E-state index is 0.717. The van der Waals surface area contributed by atoms with Crippen LogP contribution in [0.1, 0.15) is 0 Å². The molecule has 0 aliphatic heterocycles. The number of hydrogen-bond donors (Lipinski definition) is 0. The molecule has 7 aromatic carbocycles. The Balaban J connectivity index is 1.46. The van der Waals surface area contributed by atoms with Gasteiger partial charge in [-0.05, 0) is 72.8 Å². The van der Waals surface area contributed by atoms with Gasteiger partial charge in [0.15, 0.2) is 0 Å². The zero-order valence-electron chi connectivity index (χ0n) is 29.9. The Morgan fingerprint density at radius 3 is 1.23 bits per heavy atom. The first-order valence-corrected chi connectivity index (χ1v) is 17.5. The molecule has 0 amide bonds. The van der Waals surface area contributed by atoms with Gasteiger partial charge in [0.25, 0.3) is 0 Å². The number of para-hydroxylation sites is 3. The van der Waals surface area contributed by atoms with Gasteiger partial charge in [0.05, 0.1) is 61.9 Å². The van der Waals surface area contributed by atoms with E-state index in [0.29, 0.717) is 0 Å². The summed E-state index contributed by atoms with van der Waals surface area (Å²) in [4.78, 5) is 2.37. The molecule has 0 radical (unpaired) electrons. The highest BCUT2D eigenvalue weighted by Crippen LogP contribution is 2.50. The molecule has 0 spiro atoms. The Bertz CT molecular complexity index is 2600. The van der Waals surface area contributed by atoms with Crippen molar-refractivity contribution in [1.29, 1.82) is 0 Å². The van der Waals surface area contributed by atoms with E-state index in [2.05, 4.69) is 141 Å². The molecule has 0 N–H and O–H groups in total. The number of aromatic nitrogens is 2. The fourth-order valence-corrected chi connectivity index (χ4v) is 7.82. The number of ether oxygens (including phenoxy) is 4. The zero-order valence-corrected chi connectivity index (χ0v) is 29.9. The summed E-state index contributed by atoms with van der Waals surface area (Å²) >= 11 is 0. The summed E-state index contributed by atoms with van der Waals surface area (Å²) in [6.45, 7) is 0. The Hall–Kier alpha value is -6.86. The average molecular weight is 696 g/mol. The number of hydrogen-bond acceptors (Lipinski definition) is 5. The van der Waals surface area contributed by atoms with Crippen molar-refractivity contribution < 1.29 is 18.9 Å². The lowest BCUT2D eigenvalue weighted by atomic mass is 10.0. The van der Waals surface area contributed by atoms with Gasteiger partial charge in [-0.25, -0.2) is 0 Å². The third-order valence-corrected chi connectivity index (χ3v) is 10.0. The van der Waals surface area contributed by atoms with E-state index in [1.54, 1.807) is 28.4 Å². The number of benzene rings is 7. The summed E-state index contributed by atoms with van der Waals surface area (Å²) in [7, 11) is 6.81. The summed E-state index contributed by atoms with van der Waals surface area (Å²) < 4.78 is 28.5. The Morgan fingerprint density at radius 2 is 0.830 bits per heavy atom. The number of methoxy groups -OCH3 is 4. The van der Waals surface area contributed by atoms with Crippen LogP contribution in [0.3, 0.4) is 0 Å². The van der Waals surface area contributed by atoms with Crippen molar-refractivity contribution in [2.45, 2.75) is 0 Å². The predicted molar refractivity (Wildman–Crippen MR) is 216 cm³/mol. The molecule has 7 nitrogen and oxygen atoms in total. The Labute approximate surface area is 307 Å². The molecule has 9 aromatic rings. The minimum Gasteiger partial charge on any atom is -0.497 e. The molecule has 0 unspecified atom stereocenters. The highest BCUT2D eigenvalue weighted by molar-refractivity contribution is 6.22. The molecular weight excluding hydrogens is 659 g/mol. The van der Waals surface area contributed by atoms with E-state index in [9.17, 15) is 0 Å². The third-order valence-electron chi connectivity index (χ3n) is 10.0. The zero-order chi connectivity index (χ0) is 36.1. The monoisotopic (exact) mass is 695 g/mol. The number of anilines is 3. The van der Waals surface area contributed by atoms with Gasteiger partial charge in [0.1, 0.15) is 23.0 Å². The maximum absolute atomic E-state index is 6.08. The van der Waals surface area contributed by atoms with E-state index in [1.807, 2.05) is 24.3 Å². The molecule has 0 atom stereocenters. The Kier molecular flexibility index (Phi) is 7.89. The molecule has 0 fully saturated rings. The van der Waals surface area contributed by atoms with Crippen LogP contribution in [0, 0.1) is 0 Å². The van der Waals surface area contributed by atoms with Gasteiger partial charge in [-0.1, -0.05) is 66.7 Å². The van der Waals surface area contributed by atoms with Crippen LogP contribution in [-0.4, -0.2) is 37.6 Å². The van der Waals surface area contributed by atoms with Crippen molar-refractivity contribution in [3.8, 4) is 34.4 Å². The standard InChI is InChI=1S/C46H37N3O4/c1-50-33-26-35-43-37(22-14-24-39(43)48(31-18-10-6-11-19-31)45(35)41(28-33)52-3)47(30-16-8-5-9-17-30)38-23-15-25-40-44(38)36-27-34(51-2)29-42(53-4)46(36)49(40)32-20-12-7-13-21-32/h5-29H,1-4H3. The molecule has 260 valence electrons. The number of nitrogens with zero attached hydrogens (tertiary/aromatic N) is 3. The summed E-state index contributed by atoms with van der Waals surface area (Å²) in [5.41, 5.74) is 9.10. The average Bonchev–Trinajstić information content (AvgIpc) is 3.75. The first kappa shape index (κ1) is 32.1. The topological polar surface area (TPSA) is 50.0 Å². The molecule has 0 saturated carbocycles. The van der Waals surface area contributed by atoms with Crippen LogP contribution in [0.4, 0.5) is 17.1 Å². The fraction of sp³-hybridized carbons (Fsp3) is 0.0870. The largest absolute Gasteiger partial charge is 0.497 e. The quantitative estimate of drug-likeness (QED) is 0.150. The molecule has 2 heterocycles. The van der Waals surface area contributed by atoms with Crippen LogP contribution >= 0.6 is 0 Å². The first-order valence-electron chi connectivity index (χ1n) is 17.5. The van der Waals surface area contributed by atoms with Gasteiger partial charge >= 0.3 is 0 Å². The highest BCUT2D eigenvalue weighted by Gasteiger charge is 2.27. The molecule has 53 heavy (non-hydrogen) atoms. The van der Waals surface area contributed by atoms with Crippen molar-refractivity contribution in [1.82, 2.24) is 9.13 Å². The van der Waals surface area contributed by atoms with Crippen LogP contribution in [0.5, 0.6) is 23.0 Å². The van der Waals surface area contributed by atoms with Crippen LogP contribution in [0.2, 0.25) is 0 Å². The highest BCUT2D eigenvalue weighted by atomic mass is 16.5. The van der Waals surface area contributed by atoms with E-state index < -0.39 is 0 Å². The van der Waals surface area contributed by atoms with E-state index in [0.717, 1.165) is 95.0 Å². The van der Waals surface area contributed by atoms with Crippen molar-refractivity contribution in [2.75, 3.05) is 33.3 Å². The maximum Gasteiger partial charge on any atom is 0.147 e. The van der Waals surface area contributed by atoms with Crippen LogP contribution < -0.4 is 23.8 Å². The number of fused-ring (bicyclic) bond motifs is 6. The molecule has 0 aliphatic rings. The van der Waals surface area contributed by atoms with Crippen molar-refractivity contribution in [3.63, 3.8) is 0 Å².